The van der Waals surface area contributed by atoms with Gasteiger partial charge in [-0.05, 0) is 74.7 Å². The number of likely N-dealkylation sites (tertiary alicyclic amines) is 2. The van der Waals surface area contributed by atoms with E-state index in [9.17, 15) is 4.79 Å². The first-order chi connectivity index (χ1) is 14.7. The highest BCUT2D eigenvalue weighted by Crippen LogP contribution is 2.23. The molecule has 1 amide bonds. The van der Waals surface area contributed by atoms with Gasteiger partial charge >= 0.3 is 0 Å². The molecule has 0 aliphatic carbocycles. The van der Waals surface area contributed by atoms with Crippen LogP contribution in [0.2, 0.25) is 0 Å². The molecule has 2 saturated heterocycles. The average Bonchev–Trinajstić information content (AvgIpc) is 3.20. The van der Waals surface area contributed by atoms with Crippen LogP contribution in [0.25, 0.3) is 0 Å². The Hall–Kier alpha value is -2.14. The smallest absolute Gasteiger partial charge is 0.224 e. The Bertz CT molecular complexity index is 799. The molecule has 30 heavy (non-hydrogen) atoms. The molecule has 5 nitrogen and oxygen atoms in total. The number of aryl methyl sites for hydroxylation is 2. The minimum Gasteiger partial charge on any atom is -0.343 e. The molecular weight excluding hydrogens is 372 g/mol. The second kappa shape index (κ2) is 10.3. The highest BCUT2D eigenvalue weighted by molar-refractivity contribution is 5.76. The van der Waals surface area contributed by atoms with Crippen LogP contribution in [0.3, 0.4) is 0 Å². The molecule has 5 heteroatoms. The first-order valence-corrected chi connectivity index (χ1v) is 11.7. The Morgan fingerprint density at radius 3 is 2.37 bits per heavy atom. The highest BCUT2D eigenvalue weighted by atomic mass is 16.2. The molecule has 3 heterocycles. The van der Waals surface area contributed by atoms with E-state index in [1.165, 1.54) is 43.5 Å². The molecule has 0 unspecified atom stereocenters. The molecule has 2 aliphatic heterocycles. The highest BCUT2D eigenvalue weighted by Gasteiger charge is 2.23. The second-order valence-electron chi connectivity index (χ2n) is 9.21. The molecule has 2 fully saturated rings. The van der Waals surface area contributed by atoms with Gasteiger partial charge in [0.2, 0.25) is 5.91 Å². The number of nitrogens with zero attached hydrogens (tertiary/aromatic N) is 4. The van der Waals surface area contributed by atoms with Gasteiger partial charge in [-0.2, -0.15) is 5.10 Å². The second-order valence-corrected chi connectivity index (χ2v) is 9.21. The Morgan fingerprint density at radius 2 is 1.70 bits per heavy atom. The van der Waals surface area contributed by atoms with Gasteiger partial charge in [-0.15, -0.1) is 0 Å². The molecule has 0 bridgehead atoms. The predicted molar refractivity (Wildman–Crippen MR) is 120 cm³/mol. The van der Waals surface area contributed by atoms with Crippen LogP contribution >= 0.6 is 0 Å². The van der Waals surface area contributed by atoms with Gasteiger partial charge in [-0.25, -0.2) is 0 Å². The van der Waals surface area contributed by atoms with Gasteiger partial charge in [-0.3, -0.25) is 14.4 Å². The van der Waals surface area contributed by atoms with Crippen LogP contribution in [0.15, 0.2) is 36.7 Å². The molecule has 2 aliphatic rings. The minimum absolute atomic E-state index is 0.267. The van der Waals surface area contributed by atoms with Crippen LogP contribution in [-0.2, 0) is 24.3 Å². The lowest BCUT2D eigenvalue weighted by atomic mass is 9.90. The normalized spacial score (nSPS) is 18.6. The molecule has 0 atom stereocenters. The maximum atomic E-state index is 12.5. The van der Waals surface area contributed by atoms with Crippen molar-refractivity contribution in [3.05, 3.63) is 53.3 Å². The number of aromatic nitrogens is 2. The maximum Gasteiger partial charge on any atom is 0.224 e. The minimum atomic E-state index is 0.267. The fourth-order valence-electron chi connectivity index (χ4n) is 4.83. The molecule has 1 aromatic carbocycles. The Kier molecular flexibility index (Phi) is 7.21. The van der Waals surface area contributed by atoms with Crippen molar-refractivity contribution in [2.24, 2.45) is 5.92 Å². The Morgan fingerprint density at radius 1 is 1.00 bits per heavy atom. The molecule has 0 spiro atoms. The summed E-state index contributed by atoms with van der Waals surface area (Å²) in [6.07, 6.45) is 11.8. The Balaban J connectivity index is 1.18. The van der Waals surface area contributed by atoms with E-state index < -0.39 is 0 Å². The molecular formula is C25H36N4O. The number of benzene rings is 1. The van der Waals surface area contributed by atoms with Crippen LogP contribution in [0.5, 0.6) is 0 Å². The van der Waals surface area contributed by atoms with Crippen molar-refractivity contribution in [1.82, 2.24) is 19.6 Å². The summed E-state index contributed by atoms with van der Waals surface area (Å²) < 4.78 is 1.87. The van der Waals surface area contributed by atoms with Crippen LogP contribution in [-0.4, -0.2) is 51.7 Å². The third-order valence-electron chi connectivity index (χ3n) is 6.69. The lowest BCUT2D eigenvalue weighted by Crippen LogP contribution is -2.39. The van der Waals surface area contributed by atoms with Crippen molar-refractivity contribution in [3.63, 3.8) is 0 Å². The number of carbonyl (C=O) groups excluding carboxylic acids is 1. The van der Waals surface area contributed by atoms with E-state index in [0.29, 0.717) is 18.9 Å². The molecule has 0 saturated carbocycles. The van der Waals surface area contributed by atoms with E-state index in [4.69, 9.17) is 0 Å². The van der Waals surface area contributed by atoms with Gasteiger partial charge in [0.1, 0.15) is 0 Å². The largest absolute Gasteiger partial charge is 0.343 e. The topological polar surface area (TPSA) is 41.4 Å². The zero-order valence-electron chi connectivity index (χ0n) is 18.4. The van der Waals surface area contributed by atoms with Crippen molar-refractivity contribution < 1.29 is 4.79 Å². The summed E-state index contributed by atoms with van der Waals surface area (Å²) >= 11 is 0. The third-order valence-corrected chi connectivity index (χ3v) is 6.69. The average molecular weight is 409 g/mol. The zero-order valence-corrected chi connectivity index (χ0v) is 18.4. The fourth-order valence-corrected chi connectivity index (χ4v) is 4.83. The van der Waals surface area contributed by atoms with Gasteiger partial charge in [0.05, 0.1) is 6.20 Å². The van der Waals surface area contributed by atoms with Crippen LogP contribution in [0.4, 0.5) is 0 Å². The van der Waals surface area contributed by atoms with Gasteiger partial charge in [-0.1, -0.05) is 30.7 Å². The summed E-state index contributed by atoms with van der Waals surface area (Å²) in [6.45, 7) is 8.10. The van der Waals surface area contributed by atoms with Crippen molar-refractivity contribution in [2.45, 2.75) is 65.0 Å². The quantitative estimate of drug-likeness (QED) is 0.694. The van der Waals surface area contributed by atoms with E-state index in [2.05, 4.69) is 39.2 Å². The summed E-state index contributed by atoms with van der Waals surface area (Å²) in [5.74, 6) is 0.958. The standard InChI is InChI=1S/C25H36N4O/c1-21-18-26-29(19-21)16-11-25(30)28-14-9-23(10-15-28)17-22-5-7-24(8-6-22)20-27-12-3-2-4-13-27/h5-8,18-19,23H,2-4,9-17,20H2,1H3. The molecule has 0 radical (unpaired) electrons. The molecule has 2 aromatic rings. The molecule has 1 aromatic heterocycles. The van der Waals surface area contributed by atoms with Crippen LogP contribution < -0.4 is 0 Å². The van der Waals surface area contributed by atoms with Gasteiger partial charge in [0.25, 0.3) is 0 Å². The summed E-state index contributed by atoms with van der Waals surface area (Å²) in [5, 5.41) is 4.27. The number of carbonyl (C=O) groups is 1. The molecule has 4 rings (SSSR count). The summed E-state index contributed by atoms with van der Waals surface area (Å²) in [5.41, 5.74) is 4.02. The molecule has 0 N–H and O–H groups in total. The van der Waals surface area contributed by atoms with Crippen molar-refractivity contribution in [1.29, 1.82) is 0 Å². The van der Waals surface area contributed by atoms with Crippen LogP contribution in [0.1, 0.15) is 55.2 Å². The first-order valence-electron chi connectivity index (χ1n) is 11.7. The number of amides is 1. The fraction of sp³-hybridized carbons (Fsp3) is 0.600. The van der Waals surface area contributed by atoms with Gasteiger partial charge in [0, 0.05) is 38.8 Å². The predicted octanol–water partition coefficient (Wildman–Crippen LogP) is 4.05. The van der Waals surface area contributed by atoms with E-state index >= 15 is 0 Å². The monoisotopic (exact) mass is 408 g/mol. The summed E-state index contributed by atoms with van der Waals surface area (Å²) in [4.78, 5) is 17.2. The SMILES string of the molecule is Cc1cnn(CCC(=O)N2CCC(Cc3ccc(CN4CCCCC4)cc3)CC2)c1. The summed E-state index contributed by atoms with van der Waals surface area (Å²) in [6, 6.07) is 9.28. The number of hydrogen-bond donors (Lipinski definition) is 0. The van der Waals surface area contributed by atoms with Gasteiger partial charge < -0.3 is 4.90 Å². The molecule has 162 valence electrons. The van der Waals surface area contributed by atoms with Crippen molar-refractivity contribution >= 4 is 5.91 Å². The third kappa shape index (κ3) is 5.94. The van der Waals surface area contributed by atoms with Crippen molar-refractivity contribution in [2.75, 3.05) is 26.2 Å². The van der Waals surface area contributed by atoms with Crippen LogP contribution in [0, 0.1) is 12.8 Å². The first kappa shape index (κ1) is 21.1. The van der Waals surface area contributed by atoms with E-state index in [1.807, 2.05) is 24.0 Å². The van der Waals surface area contributed by atoms with E-state index in [0.717, 1.165) is 44.5 Å². The Labute approximate surface area is 181 Å². The van der Waals surface area contributed by atoms with Crippen molar-refractivity contribution in [3.8, 4) is 0 Å². The lowest BCUT2D eigenvalue weighted by Gasteiger charge is -2.32. The van der Waals surface area contributed by atoms with Gasteiger partial charge in [0.15, 0.2) is 0 Å². The summed E-state index contributed by atoms with van der Waals surface area (Å²) in [7, 11) is 0. The number of rotatable bonds is 7. The van der Waals surface area contributed by atoms with E-state index in [1.54, 1.807) is 0 Å². The van der Waals surface area contributed by atoms with E-state index in [-0.39, 0.29) is 5.91 Å². The zero-order chi connectivity index (χ0) is 20.8. The number of piperidine rings is 2. The lowest BCUT2D eigenvalue weighted by molar-refractivity contribution is -0.132. The maximum absolute atomic E-state index is 12.5. The number of hydrogen-bond acceptors (Lipinski definition) is 3.